The fourth-order valence-corrected chi connectivity index (χ4v) is 2.50. The van der Waals surface area contributed by atoms with Gasteiger partial charge in [-0.15, -0.1) is 0 Å². The maximum atomic E-state index is 5.38. The highest BCUT2D eigenvalue weighted by Gasteiger charge is 2.11. The van der Waals surface area contributed by atoms with E-state index < -0.39 is 0 Å². The van der Waals surface area contributed by atoms with E-state index in [1.165, 1.54) is 5.56 Å². The molecule has 0 aliphatic rings. The first kappa shape index (κ1) is 17.1. The number of anilines is 1. The molecule has 0 spiro atoms. The summed E-state index contributed by atoms with van der Waals surface area (Å²) in [7, 11) is 3.25. The standard InChI is InChI=1S/C18H22N2O2S/c1-12-5-8-15(9-6-12)20-18(23)19-13(2)14-7-10-16(21-3)17(11-14)22-4/h5-11,13H,1-4H3,(H2,19,20,23). The third-order valence-corrected chi connectivity index (χ3v) is 3.78. The Morgan fingerprint density at radius 1 is 1.00 bits per heavy atom. The Morgan fingerprint density at radius 3 is 2.26 bits per heavy atom. The Bertz CT molecular complexity index is 671. The summed E-state index contributed by atoms with van der Waals surface area (Å²) in [6, 6.07) is 14.0. The van der Waals surface area contributed by atoms with Crippen LogP contribution in [0.4, 0.5) is 5.69 Å². The molecule has 122 valence electrons. The van der Waals surface area contributed by atoms with E-state index in [0.717, 1.165) is 11.3 Å². The van der Waals surface area contributed by atoms with Gasteiger partial charge in [-0.2, -0.15) is 0 Å². The highest BCUT2D eigenvalue weighted by Crippen LogP contribution is 2.29. The number of rotatable bonds is 5. The Labute approximate surface area is 142 Å². The van der Waals surface area contributed by atoms with E-state index in [4.69, 9.17) is 21.7 Å². The number of hydrogen-bond acceptors (Lipinski definition) is 3. The monoisotopic (exact) mass is 330 g/mol. The molecule has 0 saturated carbocycles. The van der Waals surface area contributed by atoms with Crippen molar-refractivity contribution in [3.05, 3.63) is 53.6 Å². The molecule has 0 aromatic heterocycles. The molecule has 0 saturated heterocycles. The van der Waals surface area contributed by atoms with Gasteiger partial charge in [0.2, 0.25) is 0 Å². The Morgan fingerprint density at radius 2 is 1.65 bits per heavy atom. The lowest BCUT2D eigenvalue weighted by Crippen LogP contribution is -2.30. The second kappa shape index (κ2) is 7.83. The van der Waals surface area contributed by atoms with E-state index in [2.05, 4.69) is 17.6 Å². The fraction of sp³-hybridized carbons (Fsp3) is 0.278. The van der Waals surface area contributed by atoms with Crippen molar-refractivity contribution in [3.8, 4) is 11.5 Å². The molecule has 5 heteroatoms. The molecule has 2 aromatic rings. The summed E-state index contributed by atoms with van der Waals surface area (Å²) in [6.45, 7) is 4.10. The van der Waals surface area contributed by atoms with Crippen LogP contribution in [0.2, 0.25) is 0 Å². The fourth-order valence-electron chi connectivity index (χ4n) is 2.21. The van der Waals surface area contributed by atoms with Crippen molar-refractivity contribution < 1.29 is 9.47 Å². The number of aryl methyl sites for hydroxylation is 1. The molecule has 2 N–H and O–H groups in total. The molecule has 0 aliphatic carbocycles. The van der Waals surface area contributed by atoms with Crippen LogP contribution in [-0.2, 0) is 0 Å². The van der Waals surface area contributed by atoms with Crippen molar-refractivity contribution in [1.29, 1.82) is 0 Å². The predicted octanol–water partition coefficient (Wildman–Crippen LogP) is 4.06. The van der Waals surface area contributed by atoms with Crippen LogP contribution in [0.25, 0.3) is 0 Å². The van der Waals surface area contributed by atoms with Crippen molar-refractivity contribution in [2.24, 2.45) is 0 Å². The molecule has 0 aliphatic heterocycles. The lowest BCUT2D eigenvalue weighted by Gasteiger charge is -2.19. The third kappa shape index (κ3) is 4.60. The number of nitrogens with one attached hydrogen (secondary N) is 2. The van der Waals surface area contributed by atoms with Crippen LogP contribution in [0.3, 0.4) is 0 Å². The van der Waals surface area contributed by atoms with Crippen LogP contribution in [0.15, 0.2) is 42.5 Å². The Hall–Kier alpha value is -2.27. The average molecular weight is 330 g/mol. The molecule has 4 nitrogen and oxygen atoms in total. The summed E-state index contributed by atoms with van der Waals surface area (Å²) in [5.74, 6) is 1.42. The van der Waals surface area contributed by atoms with E-state index in [9.17, 15) is 0 Å². The SMILES string of the molecule is COc1ccc(C(C)NC(=S)Nc2ccc(C)cc2)cc1OC. The van der Waals surface area contributed by atoms with Crippen LogP contribution < -0.4 is 20.1 Å². The molecule has 1 unspecified atom stereocenters. The van der Waals surface area contributed by atoms with Crippen molar-refractivity contribution in [3.63, 3.8) is 0 Å². The minimum Gasteiger partial charge on any atom is -0.493 e. The molecule has 0 radical (unpaired) electrons. The van der Waals surface area contributed by atoms with E-state index in [1.54, 1.807) is 14.2 Å². The summed E-state index contributed by atoms with van der Waals surface area (Å²) in [5, 5.41) is 7.04. The highest BCUT2D eigenvalue weighted by molar-refractivity contribution is 7.80. The first-order valence-corrected chi connectivity index (χ1v) is 7.80. The Balaban J connectivity index is 2.01. The lowest BCUT2D eigenvalue weighted by atomic mass is 10.1. The first-order valence-electron chi connectivity index (χ1n) is 7.39. The molecule has 1 atom stereocenters. The van der Waals surface area contributed by atoms with E-state index in [1.807, 2.05) is 49.4 Å². The van der Waals surface area contributed by atoms with Gasteiger partial charge in [-0.05, 0) is 55.9 Å². The zero-order valence-electron chi connectivity index (χ0n) is 13.8. The van der Waals surface area contributed by atoms with Crippen molar-refractivity contribution in [2.75, 3.05) is 19.5 Å². The molecule has 2 rings (SSSR count). The largest absolute Gasteiger partial charge is 0.493 e. The number of hydrogen-bond donors (Lipinski definition) is 2. The van der Waals surface area contributed by atoms with Gasteiger partial charge in [0, 0.05) is 5.69 Å². The minimum absolute atomic E-state index is 0.0419. The topological polar surface area (TPSA) is 42.5 Å². The van der Waals surface area contributed by atoms with E-state index in [0.29, 0.717) is 16.6 Å². The van der Waals surface area contributed by atoms with Crippen molar-refractivity contribution in [2.45, 2.75) is 19.9 Å². The maximum Gasteiger partial charge on any atom is 0.171 e. The van der Waals surface area contributed by atoms with Crippen LogP contribution in [0.1, 0.15) is 24.1 Å². The van der Waals surface area contributed by atoms with Crippen LogP contribution in [0, 0.1) is 6.92 Å². The first-order chi connectivity index (χ1) is 11.0. The lowest BCUT2D eigenvalue weighted by molar-refractivity contribution is 0.354. The highest BCUT2D eigenvalue weighted by atomic mass is 32.1. The number of methoxy groups -OCH3 is 2. The normalized spacial score (nSPS) is 11.5. The summed E-state index contributed by atoms with van der Waals surface area (Å²) >= 11 is 5.38. The van der Waals surface area contributed by atoms with Gasteiger partial charge in [0.1, 0.15) is 0 Å². The quantitative estimate of drug-likeness (QED) is 0.809. The maximum absolute atomic E-state index is 5.38. The average Bonchev–Trinajstić information content (AvgIpc) is 2.56. The minimum atomic E-state index is 0.0419. The van der Waals surface area contributed by atoms with Gasteiger partial charge in [0.15, 0.2) is 16.6 Å². The zero-order chi connectivity index (χ0) is 16.8. The summed E-state index contributed by atoms with van der Waals surface area (Å²) in [5.41, 5.74) is 3.25. The van der Waals surface area contributed by atoms with Gasteiger partial charge >= 0.3 is 0 Å². The van der Waals surface area contributed by atoms with E-state index in [-0.39, 0.29) is 6.04 Å². The van der Waals surface area contributed by atoms with Gasteiger partial charge in [-0.25, -0.2) is 0 Å². The Kier molecular flexibility index (Phi) is 5.82. The van der Waals surface area contributed by atoms with Gasteiger partial charge in [0.25, 0.3) is 0 Å². The van der Waals surface area contributed by atoms with Gasteiger partial charge in [-0.3, -0.25) is 0 Å². The summed E-state index contributed by atoms with van der Waals surface area (Å²) < 4.78 is 10.6. The molecule has 2 aromatic carbocycles. The van der Waals surface area contributed by atoms with Gasteiger partial charge in [0.05, 0.1) is 20.3 Å². The molecule has 0 amide bonds. The van der Waals surface area contributed by atoms with Gasteiger partial charge < -0.3 is 20.1 Å². The van der Waals surface area contributed by atoms with Gasteiger partial charge in [-0.1, -0.05) is 23.8 Å². The molecular weight excluding hydrogens is 308 g/mol. The third-order valence-electron chi connectivity index (χ3n) is 3.56. The molecule has 0 fully saturated rings. The molecule has 0 heterocycles. The predicted molar refractivity (Wildman–Crippen MR) is 98.5 cm³/mol. The summed E-state index contributed by atoms with van der Waals surface area (Å²) in [4.78, 5) is 0. The second-order valence-electron chi connectivity index (χ2n) is 5.30. The molecular formula is C18H22N2O2S. The van der Waals surface area contributed by atoms with Crippen LogP contribution in [-0.4, -0.2) is 19.3 Å². The van der Waals surface area contributed by atoms with Crippen LogP contribution in [0.5, 0.6) is 11.5 Å². The zero-order valence-corrected chi connectivity index (χ0v) is 14.7. The number of ether oxygens (including phenoxy) is 2. The number of benzene rings is 2. The van der Waals surface area contributed by atoms with Crippen molar-refractivity contribution >= 4 is 23.0 Å². The smallest absolute Gasteiger partial charge is 0.171 e. The second-order valence-corrected chi connectivity index (χ2v) is 5.71. The molecule has 23 heavy (non-hydrogen) atoms. The van der Waals surface area contributed by atoms with Crippen LogP contribution >= 0.6 is 12.2 Å². The number of thiocarbonyl (C=S) groups is 1. The van der Waals surface area contributed by atoms with Crippen molar-refractivity contribution in [1.82, 2.24) is 5.32 Å². The summed E-state index contributed by atoms with van der Waals surface area (Å²) in [6.07, 6.45) is 0. The van der Waals surface area contributed by atoms with E-state index >= 15 is 0 Å². The molecule has 0 bridgehead atoms.